The molecule has 1 aromatic heterocycles. The third-order valence-corrected chi connectivity index (χ3v) is 3.61. The van der Waals surface area contributed by atoms with E-state index in [9.17, 15) is 10.1 Å². The van der Waals surface area contributed by atoms with E-state index in [1.165, 1.54) is 5.56 Å². The highest BCUT2D eigenvalue weighted by Crippen LogP contribution is 2.25. The first-order chi connectivity index (χ1) is 10.0. The molecule has 2 aromatic carbocycles. The second kappa shape index (κ2) is 5.01. The lowest BCUT2D eigenvalue weighted by Crippen LogP contribution is -2.01. The van der Waals surface area contributed by atoms with Crippen molar-refractivity contribution >= 4 is 16.6 Å². The van der Waals surface area contributed by atoms with Crippen LogP contribution in [0.15, 0.2) is 42.6 Å². The quantitative estimate of drug-likeness (QED) is 0.544. The lowest BCUT2D eigenvalue weighted by atomic mass is 10.1. The number of hydrogen-bond acceptors (Lipinski definition) is 3. The van der Waals surface area contributed by atoms with Crippen LogP contribution >= 0.6 is 0 Å². The third-order valence-electron chi connectivity index (χ3n) is 3.61. The number of fused-ring (bicyclic) bond motifs is 1. The second-order valence-electron chi connectivity index (χ2n) is 5.24. The third kappa shape index (κ3) is 2.50. The van der Waals surface area contributed by atoms with Crippen molar-refractivity contribution in [1.82, 2.24) is 9.78 Å². The van der Waals surface area contributed by atoms with Gasteiger partial charge in [0.25, 0.3) is 5.69 Å². The molecule has 3 rings (SSSR count). The molecule has 0 spiro atoms. The Morgan fingerprint density at radius 2 is 1.90 bits per heavy atom. The molecule has 3 aromatic rings. The van der Waals surface area contributed by atoms with E-state index in [1.54, 1.807) is 19.2 Å². The van der Waals surface area contributed by atoms with Crippen LogP contribution in [0.4, 0.5) is 5.69 Å². The highest BCUT2D eigenvalue weighted by atomic mass is 16.6. The molecule has 0 fully saturated rings. The summed E-state index contributed by atoms with van der Waals surface area (Å²) >= 11 is 0. The van der Waals surface area contributed by atoms with Crippen LogP contribution in [0.2, 0.25) is 0 Å². The van der Waals surface area contributed by atoms with Crippen LogP contribution in [0.25, 0.3) is 10.9 Å². The van der Waals surface area contributed by atoms with Crippen LogP contribution in [0.3, 0.4) is 0 Å². The summed E-state index contributed by atoms with van der Waals surface area (Å²) in [6.45, 7) is 4.46. The first kappa shape index (κ1) is 13.3. The van der Waals surface area contributed by atoms with Gasteiger partial charge in [-0.1, -0.05) is 29.8 Å². The SMILES string of the molecule is Cc1ccc(Cn2ncc3cc([N+](=O)[O-])c(C)cc32)cc1. The van der Waals surface area contributed by atoms with E-state index in [1.807, 2.05) is 10.7 Å². The number of nitrogens with zero attached hydrogens (tertiary/aromatic N) is 3. The van der Waals surface area contributed by atoms with E-state index in [0.717, 1.165) is 16.5 Å². The first-order valence-corrected chi connectivity index (χ1v) is 6.71. The van der Waals surface area contributed by atoms with E-state index in [4.69, 9.17) is 0 Å². The Bertz CT molecular complexity index is 819. The van der Waals surface area contributed by atoms with Crippen LogP contribution < -0.4 is 0 Å². The number of rotatable bonds is 3. The Labute approximate surface area is 122 Å². The molecule has 5 nitrogen and oxygen atoms in total. The Hall–Kier alpha value is -2.69. The lowest BCUT2D eigenvalue weighted by Gasteiger charge is -2.05. The molecule has 0 amide bonds. The number of aromatic nitrogens is 2. The summed E-state index contributed by atoms with van der Waals surface area (Å²) in [5.41, 5.74) is 4.08. The molecule has 0 aliphatic heterocycles. The molecular weight excluding hydrogens is 266 g/mol. The molecular formula is C16H15N3O2. The second-order valence-corrected chi connectivity index (χ2v) is 5.24. The first-order valence-electron chi connectivity index (χ1n) is 6.71. The molecule has 0 saturated carbocycles. The van der Waals surface area contributed by atoms with Gasteiger partial charge in [0.05, 0.1) is 23.2 Å². The van der Waals surface area contributed by atoms with Gasteiger partial charge in [-0.25, -0.2) is 0 Å². The molecule has 0 radical (unpaired) electrons. The fourth-order valence-corrected chi connectivity index (χ4v) is 2.41. The summed E-state index contributed by atoms with van der Waals surface area (Å²) in [5, 5.41) is 16.1. The van der Waals surface area contributed by atoms with E-state index in [0.29, 0.717) is 12.1 Å². The summed E-state index contributed by atoms with van der Waals surface area (Å²) in [4.78, 5) is 10.6. The minimum atomic E-state index is -0.355. The average molecular weight is 281 g/mol. The van der Waals surface area contributed by atoms with Crippen molar-refractivity contribution < 1.29 is 4.92 Å². The van der Waals surface area contributed by atoms with Gasteiger partial charge in [0.15, 0.2) is 0 Å². The molecule has 0 aliphatic rings. The molecule has 0 aliphatic carbocycles. The van der Waals surface area contributed by atoms with E-state index >= 15 is 0 Å². The van der Waals surface area contributed by atoms with Crippen LogP contribution in [0, 0.1) is 24.0 Å². The number of aryl methyl sites for hydroxylation is 2. The van der Waals surface area contributed by atoms with Crippen LogP contribution in [-0.4, -0.2) is 14.7 Å². The molecule has 0 unspecified atom stereocenters. The molecule has 1 heterocycles. The smallest absolute Gasteiger partial charge is 0.260 e. The summed E-state index contributed by atoms with van der Waals surface area (Å²) in [6, 6.07) is 11.7. The molecule has 0 atom stereocenters. The summed E-state index contributed by atoms with van der Waals surface area (Å²) in [5.74, 6) is 0. The molecule has 21 heavy (non-hydrogen) atoms. The fourth-order valence-electron chi connectivity index (χ4n) is 2.41. The standard InChI is InChI=1S/C16H15N3O2/c1-11-3-5-13(6-4-11)10-18-16-7-12(2)15(19(20)21)8-14(16)9-17-18/h3-9H,10H2,1-2H3. The van der Waals surface area contributed by atoms with Crippen molar-refractivity contribution in [2.24, 2.45) is 0 Å². The number of benzene rings is 2. The zero-order chi connectivity index (χ0) is 15.0. The Morgan fingerprint density at radius 3 is 2.57 bits per heavy atom. The number of nitro groups is 1. The predicted molar refractivity (Wildman–Crippen MR) is 81.4 cm³/mol. The van der Waals surface area contributed by atoms with E-state index < -0.39 is 0 Å². The Kier molecular flexibility index (Phi) is 3.17. The zero-order valence-corrected chi connectivity index (χ0v) is 11.9. The highest BCUT2D eigenvalue weighted by molar-refractivity contribution is 5.82. The van der Waals surface area contributed by atoms with Gasteiger partial charge in [-0.05, 0) is 25.5 Å². The van der Waals surface area contributed by atoms with Gasteiger partial charge in [-0.3, -0.25) is 14.8 Å². The summed E-state index contributed by atoms with van der Waals surface area (Å²) < 4.78 is 1.87. The predicted octanol–water partition coefficient (Wildman–Crippen LogP) is 3.61. The van der Waals surface area contributed by atoms with Crippen molar-refractivity contribution in [1.29, 1.82) is 0 Å². The maximum Gasteiger partial charge on any atom is 0.273 e. The maximum atomic E-state index is 11.0. The van der Waals surface area contributed by atoms with Crippen molar-refractivity contribution in [3.05, 3.63) is 69.4 Å². The lowest BCUT2D eigenvalue weighted by molar-refractivity contribution is -0.385. The molecule has 0 bridgehead atoms. The van der Waals surface area contributed by atoms with Gasteiger partial charge in [-0.15, -0.1) is 0 Å². The van der Waals surface area contributed by atoms with Gasteiger partial charge in [-0.2, -0.15) is 5.10 Å². The van der Waals surface area contributed by atoms with Crippen LogP contribution in [-0.2, 0) is 6.54 Å². The topological polar surface area (TPSA) is 61.0 Å². The Morgan fingerprint density at radius 1 is 1.19 bits per heavy atom. The fraction of sp³-hybridized carbons (Fsp3) is 0.188. The average Bonchev–Trinajstić information content (AvgIpc) is 2.82. The van der Waals surface area contributed by atoms with Crippen LogP contribution in [0.5, 0.6) is 0 Å². The van der Waals surface area contributed by atoms with Gasteiger partial charge in [0.2, 0.25) is 0 Å². The molecule has 5 heteroatoms. The van der Waals surface area contributed by atoms with Gasteiger partial charge < -0.3 is 0 Å². The largest absolute Gasteiger partial charge is 0.273 e. The molecule has 0 saturated heterocycles. The summed E-state index contributed by atoms with van der Waals surface area (Å²) in [7, 11) is 0. The van der Waals surface area contributed by atoms with Crippen molar-refractivity contribution in [2.75, 3.05) is 0 Å². The van der Waals surface area contributed by atoms with Crippen molar-refractivity contribution in [2.45, 2.75) is 20.4 Å². The molecule has 106 valence electrons. The monoisotopic (exact) mass is 281 g/mol. The van der Waals surface area contributed by atoms with E-state index in [-0.39, 0.29) is 10.6 Å². The minimum absolute atomic E-state index is 0.136. The highest BCUT2D eigenvalue weighted by Gasteiger charge is 2.14. The van der Waals surface area contributed by atoms with Gasteiger partial charge in [0, 0.05) is 17.0 Å². The van der Waals surface area contributed by atoms with Gasteiger partial charge in [0.1, 0.15) is 0 Å². The maximum absolute atomic E-state index is 11.0. The Balaban J connectivity index is 2.02. The van der Waals surface area contributed by atoms with Crippen molar-refractivity contribution in [3.8, 4) is 0 Å². The normalized spacial score (nSPS) is 11.0. The van der Waals surface area contributed by atoms with Crippen LogP contribution in [0.1, 0.15) is 16.7 Å². The van der Waals surface area contributed by atoms with Crippen molar-refractivity contribution in [3.63, 3.8) is 0 Å². The summed E-state index contributed by atoms with van der Waals surface area (Å²) in [6.07, 6.45) is 1.68. The number of nitro benzene ring substituents is 1. The molecule has 0 N–H and O–H groups in total. The minimum Gasteiger partial charge on any atom is -0.260 e. The number of hydrogen-bond donors (Lipinski definition) is 0. The van der Waals surface area contributed by atoms with E-state index in [2.05, 4.69) is 36.3 Å². The zero-order valence-electron chi connectivity index (χ0n) is 11.9. The van der Waals surface area contributed by atoms with Gasteiger partial charge >= 0.3 is 0 Å².